The van der Waals surface area contributed by atoms with E-state index in [0.717, 1.165) is 12.5 Å². The SMILES string of the molecule is CCCNC(CC1CCCC1)c1cc(I)ccc1Br. The highest BCUT2D eigenvalue weighted by molar-refractivity contribution is 14.1. The molecule has 1 saturated carbocycles. The lowest BCUT2D eigenvalue weighted by Crippen LogP contribution is -2.24. The van der Waals surface area contributed by atoms with E-state index in [4.69, 9.17) is 0 Å². The number of hydrogen-bond acceptors (Lipinski definition) is 1. The normalized spacial score (nSPS) is 17.8. The van der Waals surface area contributed by atoms with Crippen LogP contribution in [0, 0.1) is 9.49 Å². The highest BCUT2D eigenvalue weighted by Crippen LogP contribution is 2.35. The molecule has 1 aliphatic rings. The van der Waals surface area contributed by atoms with E-state index in [1.165, 1.54) is 52.1 Å². The molecular formula is C16H23BrIN. The number of nitrogens with one attached hydrogen (secondary N) is 1. The Hall–Kier alpha value is 0.390. The maximum absolute atomic E-state index is 3.75. The van der Waals surface area contributed by atoms with Crippen LogP contribution in [0.2, 0.25) is 0 Å². The minimum absolute atomic E-state index is 0.507. The van der Waals surface area contributed by atoms with Crippen molar-refractivity contribution in [1.29, 1.82) is 0 Å². The van der Waals surface area contributed by atoms with Gasteiger partial charge in [-0.05, 0) is 71.7 Å². The lowest BCUT2D eigenvalue weighted by atomic mass is 9.93. The van der Waals surface area contributed by atoms with E-state index in [0.29, 0.717) is 6.04 Å². The summed E-state index contributed by atoms with van der Waals surface area (Å²) in [6.45, 7) is 3.35. The van der Waals surface area contributed by atoms with Crippen LogP contribution in [0.25, 0.3) is 0 Å². The van der Waals surface area contributed by atoms with Crippen molar-refractivity contribution < 1.29 is 0 Å². The fourth-order valence-electron chi connectivity index (χ4n) is 3.00. The molecule has 106 valence electrons. The van der Waals surface area contributed by atoms with E-state index in [1.807, 2.05) is 0 Å². The van der Waals surface area contributed by atoms with Crippen molar-refractivity contribution in [2.45, 2.75) is 51.5 Å². The van der Waals surface area contributed by atoms with Crippen molar-refractivity contribution in [3.05, 3.63) is 31.8 Å². The summed E-state index contributed by atoms with van der Waals surface area (Å²) in [6.07, 6.45) is 8.19. The van der Waals surface area contributed by atoms with Crippen molar-refractivity contribution in [1.82, 2.24) is 5.32 Å². The van der Waals surface area contributed by atoms with Crippen molar-refractivity contribution in [2.24, 2.45) is 5.92 Å². The standard InChI is InChI=1S/C16H23BrIN/c1-2-9-19-16(10-12-5-3-4-6-12)14-11-13(18)7-8-15(14)17/h7-8,11-12,16,19H,2-6,9-10H2,1H3. The molecule has 0 radical (unpaired) electrons. The van der Waals surface area contributed by atoms with Gasteiger partial charge in [0.25, 0.3) is 0 Å². The molecule has 0 bridgehead atoms. The molecule has 1 aromatic rings. The lowest BCUT2D eigenvalue weighted by molar-refractivity contribution is 0.394. The summed E-state index contributed by atoms with van der Waals surface area (Å²) in [5, 5.41) is 3.75. The molecule has 0 spiro atoms. The molecule has 0 aromatic heterocycles. The molecule has 2 rings (SSSR count). The third kappa shape index (κ3) is 4.71. The Morgan fingerprint density at radius 1 is 1.37 bits per heavy atom. The van der Waals surface area contributed by atoms with Crippen LogP contribution in [0.4, 0.5) is 0 Å². The van der Waals surface area contributed by atoms with Gasteiger partial charge in [0.15, 0.2) is 0 Å². The Kier molecular flexibility index (Phi) is 6.63. The average molecular weight is 436 g/mol. The Balaban J connectivity index is 2.12. The van der Waals surface area contributed by atoms with Gasteiger partial charge in [-0.25, -0.2) is 0 Å². The summed E-state index contributed by atoms with van der Waals surface area (Å²) < 4.78 is 2.57. The molecule has 1 nitrogen and oxygen atoms in total. The van der Waals surface area contributed by atoms with Gasteiger partial charge in [0, 0.05) is 14.1 Å². The van der Waals surface area contributed by atoms with Crippen molar-refractivity contribution in [3.8, 4) is 0 Å². The molecule has 1 unspecified atom stereocenters. The highest BCUT2D eigenvalue weighted by atomic mass is 127. The molecular weight excluding hydrogens is 413 g/mol. The van der Waals surface area contributed by atoms with E-state index in [-0.39, 0.29) is 0 Å². The molecule has 0 heterocycles. The van der Waals surface area contributed by atoms with Crippen molar-refractivity contribution in [3.63, 3.8) is 0 Å². The Morgan fingerprint density at radius 2 is 2.11 bits per heavy atom. The molecule has 3 heteroatoms. The first kappa shape index (κ1) is 15.8. The first-order chi connectivity index (χ1) is 9.20. The van der Waals surface area contributed by atoms with Crippen LogP contribution in [-0.2, 0) is 0 Å². The van der Waals surface area contributed by atoms with Gasteiger partial charge in [-0.2, -0.15) is 0 Å². The van der Waals surface area contributed by atoms with E-state index in [9.17, 15) is 0 Å². The number of halogens is 2. The van der Waals surface area contributed by atoms with E-state index in [2.05, 4.69) is 69.0 Å². The highest BCUT2D eigenvalue weighted by Gasteiger charge is 2.22. The largest absolute Gasteiger partial charge is 0.310 e. The fraction of sp³-hybridized carbons (Fsp3) is 0.625. The van der Waals surface area contributed by atoms with Crippen LogP contribution < -0.4 is 5.32 Å². The zero-order valence-electron chi connectivity index (χ0n) is 11.6. The van der Waals surface area contributed by atoms with Crippen molar-refractivity contribution >= 4 is 38.5 Å². The second-order valence-electron chi connectivity index (χ2n) is 5.56. The van der Waals surface area contributed by atoms with Crippen LogP contribution in [0.1, 0.15) is 57.1 Å². The Bertz CT molecular complexity index is 402. The summed E-state index contributed by atoms with van der Waals surface area (Å²) >= 11 is 6.14. The van der Waals surface area contributed by atoms with Crippen LogP contribution in [0.15, 0.2) is 22.7 Å². The molecule has 19 heavy (non-hydrogen) atoms. The minimum Gasteiger partial charge on any atom is -0.310 e. The zero-order valence-corrected chi connectivity index (χ0v) is 15.3. The molecule has 0 saturated heterocycles. The summed E-state index contributed by atoms with van der Waals surface area (Å²) in [5.74, 6) is 0.916. The van der Waals surface area contributed by atoms with Crippen molar-refractivity contribution in [2.75, 3.05) is 6.54 Å². The minimum atomic E-state index is 0.507. The van der Waals surface area contributed by atoms with Gasteiger partial charge in [0.2, 0.25) is 0 Å². The average Bonchev–Trinajstić information content (AvgIpc) is 2.90. The quantitative estimate of drug-likeness (QED) is 0.567. The van der Waals surface area contributed by atoms with E-state index in [1.54, 1.807) is 0 Å². The van der Waals surface area contributed by atoms with E-state index < -0.39 is 0 Å². The molecule has 1 aromatic carbocycles. The first-order valence-corrected chi connectivity index (χ1v) is 9.26. The van der Waals surface area contributed by atoms with Crippen LogP contribution in [0.5, 0.6) is 0 Å². The van der Waals surface area contributed by atoms with Gasteiger partial charge in [-0.1, -0.05) is 48.5 Å². The smallest absolute Gasteiger partial charge is 0.0334 e. The third-order valence-electron chi connectivity index (χ3n) is 4.02. The zero-order chi connectivity index (χ0) is 13.7. The maximum atomic E-state index is 3.75. The van der Waals surface area contributed by atoms with Gasteiger partial charge >= 0.3 is 0 Å². The predicted molar refractivity (Wildman–Crippen MR) is 94.5 cm³/mol. The van der Waals surface area contributed by atoms with E-state index >= 15 is 0 Å². The number of benzene rings is 1. The maximum Gasteiger partial charge on any atom is 0.0334 e. The fourth-order valence-corrected chi connectivity index (χ4v) is 4.04. The third-order valence-corrected chi connectivity index (χ3v) is 5.41. The second-order valence-corrected chi connectivity index (χ2v) is 7.66. The summed E-state index contributed by atoms with van der Waals surface area (Å²) in [6, 6.07) is 7.19. The van der Waals surface area contributed by atoms with Crippen LogP contribution in [-0.4, -0.2) is 6.54 Å². The number of rotatable bonds is 6. The molecule has 1 fully saturated rings. The summed E-state index contributed by atoms with van der Waals surface area (Å²) in [5.41, 5.74) is 1.44. The van der Waals surface area contributed by atoms with Gasteiger partial charge in [0.05, 0.1) is 0 Å². The monoisotopic (exact) mass is 435 g/mol. The molecule has 1 atom stereocenters. The Labute approximate surface area is 139 Å². The van der Waals surface area contributed by atoms with Gasteiger partial charge in [0.1, 0.15) is 0 Å². The molecule has 0 aliphatic heterocycles. The first-order valence-electron chi connectivity index (χ1n) is 7.39. The molecule has 0 amide bonds. The van der Waals surface area contributed by atoms with Gasteiger partial charge in [-0.3, -0.25) is 0 Å². The topological polar surface area (TPSA) is 12.0 Å². The van der Waals surface area contributed by atoms with Crippen LogP contribution in [0.3, 0.4) is 0 Å². The van der Waals surface area contributed by atoms with Gasteiger partial charge in [-0.15, -0.1) is 0 Å². The summed E-state index contributed by atoms with van der Waals surface area (Å²) in [7, 11) is 0. The van der Waals surface area contributed by atoms with Crippen LogP contribution >= 0.6 is 38.5 Å². The predicted octanol–water partition coefficient (Wildman–Crippen LogP) is 5.67. The molecule has 1 aliphatic carbocycles. The molecule has 1 N–H and O–H groups in total. The lowest BCUT2D eigenvalue weighted by Gasteiger charge is -2.23. The van der Waals surface area contributed by atoms with Gasteiger partial charge < -0.3 is 5.32 Å². The number of hydrogen-bond donors (Lipinski definition) is 1. The second kappa shape index (κ2) is 7.99. The Morgan fingerprint density at radius 3 is 2.79 bits per heavy atom. The summed E-state index contributed by atoms with van der Waals surface area (Å²) in [4.78, 5) is 0.